The lowest BCUT2D eigenvalue weighted by Crippen LogP contribution is -2.45. The Kier molecular flexibility index (Phi) is 8.44. The molecule has 2 aliphatic rings. The molecule has 1 aromatic carbocycles. The number of aliphatic hydroxyl groups is 1. The van der Waals surface area contributed by atoms with Crippen LogP contribution in [0.5, 0.6) is 0 Å². The molecule has 0 spiro atoms. The van der Waals surface area contributed by atoms with Gasteiger partial charge in [-0.1, -0.05) is 56.0 Å². The lowest BCUT2D eigenvalue weighted by Gasteiger charge is -2.42. The highest BCUT2D eigenvalue weighted by Crippen LogP contribution is 2.42. The van der Waals surface area contributed by atoms with E-state index >= 15 is 0 Å². The van der Waals surface area contributed by atoms with Gasteiger partial charge < -0.3 is 5.11 Å². The second-order valence-corrected chi connectivity index (χ2v) is 8.60. The maximum absolute atomic E-state index is 11.8. The lowest BCUT2D eigenvalue weighted by molar-refractivity contribution is -0.0508. The molecule has 1 aliphatic heterocycles. The van der Waals surface area contributed by atoms with Crippen molar-refractivity contribution in [3.05, 3.63) is 35.9 Å². The summed E-state index contributed by atoms with van der Waals surface area (Å²) in [6, 6.07) is 11.9. The Labute approximate surface area is 166 Å². The molecule has 26 heavy (non-hydrogen) atoms. The fourth-order valence-electron chi connectivity index (χ4n) is 5.34. The highest BCUT2D eigenvalue weighted by atomic mass is 35.5. The fourth-order valence-corrected chi connectivity index (χ4v) is 5.34. The topological polar surface area (TPSA) is 23.5 Å². The molecule has 0 bridgehead atoms. The summed E-state index contributed by atoms with van der Waals surface area (Å²) in [4.78, 5) is 2.68. The van der Waals surface area contributed by atoms with Gasteiger partial charge in [-0.25, -0.2) is 0 Å². The van der Waals surface area contributed by atoms with Crippen LogP contribution in [-0.2, 0) is 5.60 Å². The smallest absolute Gasteiger partial charge is 0.0925 e. The number of hydrogen-bond acceptors (Lipinski definition) is 2. The van der Waals surface area contributed by atoms with Gasteiger partial charge in [0.15, 0.2) is 0 Å². The maximum atomic E-state index is 11.8. The average Bonchev–Trinajstić information content (AvgIpc) is 2.65. The van der Waals surface area contributed by atoms with E-state index in [4.69, 9.17) is 0 Å². The first kappa shape index (κ1) is 21.7. The Hall–Kier alpha value is -0.570. The van der Waals surface area contributed by atoms with Crippen molar-refractivity contribution in [3.8, 4) is 0 Å². The van der Waals surface area contributed by atoms with Crippen LogP contribution >= 0.6 is 12.4 Å². The van der Waals surface area contributed by atoms with Crippen LogP contribution < -0.4 is 0 Å². The Morgan fingerprint density at radius 2 is 1.54 bits per heavy atom. The van der Waals surface area contributed by atoms with Crippen LogP contribution in [0.1, 0.15) is 83.6 Å². The van der Waals surface area contributed by atoms with Crippen molar-refractivity contribution in [1.82, 2.24) is 4.90 Å². The van der Waals surface area contributed by atoms with Crippen molar-refractivity contribution >= 4 is 12.4 Å². The van der Waals surface area contributed by atoms with Gasteiger partial charge in [-0.05, 0) is 70.4 Å². The molecule has 1 saturated heterocycles. The van der Waals surface area contributed by atoms with E-state index in [-0.39, 0.29) is 12.4 Å². The van der Waals surface area contributed by atoms with Crippen molar-refractivity contribution in [1.29, 1.82) is 0 Å². The van der Waals surface area contributed by atoms with Gasteiger partial charge in [-0.2, -0.15) is 0 Å². The summed E-state index contributed by atoms with van der Waals surface area (Å²) in [5, 5.41) is 11.8. The first-order chi connectivity index (χ1) is 12.1. The summed E-state index contributed by atoms with van der Waals surface area (Å²) in [5.41, 5.74) is 0.505. The third-order valence-corrected chi connectivity index (χ3v) is 6.90. The van der Waals surface area contributed by atoms with Crippen molar-refractivity contribution in [3.63, 3.8) is 0 Å². The molecule has 0 aromatic heterocycles. The molecule has 1 saturated carbocycles. The third-order valence-electron chi connectivity index (χ3n) is 6.90. The summed E-state index contributed by atoms with van der Waals surface area (Å²) in [6.45, 7) is 5.88. The second-order valence-electron chi connectivity index (χ2n) is 8.60. The van der Waals surface area contributed by atoms with E-state index < -0.39 is 5.60 Å². The van der Waals surface area contributed by atoms with Crippen LogP contribution in [0.3, 0.4) is 0 Å². The molecule has 0 radical (unpaired) electrons. The van der Waals surface area contributed by atoms with Gasteiger partial charge in [0.2, 0.25) is 0 Å². The van der Waals surface area contributed by atoms with Gasteiger partial charge in [0, 0.05) is 12.1 Å². The van der Waals surface area contributed by atoms with Crippen LogP contribution in [0.2, 0.25) is 0 Å². The van der Waals surface area contributed by atoms with Gasteiger partial charge in [0.25, 0.3) is 0 Å². The van der Waals surface area contributed by atoms with E-state index in [2.05, 4.69) is 49.1 Å². The minimum absolute atomic E-state index is 0. The van der Waals surface area contributed by atoms with Gasteiger partial charge in [-0.3, -0.25) is 4.90 Å². The summed E-state index contributed by atoms with van der Waals surface area (Å²) in [6.07, 6.45) is 12.3. The van der Waals surface area contributed by atoms with E-state index in [1.54, 1.807) is 0 Å². The summed E-state index contributed by atoms with van der Waals surface area (Å²) in [7, 11) is 0. The molecule has 1 N–H and O–H groups in total. The van der Waals surface area contributed by atoms with Gasteiger partial charge >= 0.3 is 0 Å². The lowest BCUT2D eigenvalue weighted by atomic mass is 9.71. The predicted octanol–water partition coefficient (Wildman–Crippen LogP) is 5.92. The molecule has 0 amide bonds. The van der Waals surface area contributed by atoms with E-state index in [1.165, 1.54) is 51.4 Å². The Bertz CT molecular complexity index is 506. The summed E-state index contributed by atoms with van der Waals surface area (Å²) >= 11 is 0. The van der Waals surface area contributed by atoms with Crippen molar-refractivity contribution < 1.29 is 5.11 Å². The molecular weight excluding hydrogens is 342 g/mol. The molecule has 3 atom stereocenters. The summed E-state index contributed by atoms with van der Waals surface area (Å²) in [5.74, 6) is 0.430. The highest BCUT2D eigenvalue weighted by Gasteiger charge is 2.38. The van der Waals surface area contributed by atoms with Crippen molar-refractivity contribution in [2.45, 2.75) is 95.7 Å². The van der Waals surface area contributed by atoms with E-state index in [0.717, 1.165) is 24.9 Å². The molecule has 1 aliphatic carbocycles. The number of halogens is 1. The Morgan fingerprint density at radius 1 is 0.923 bits per heavy atom. The number of nitrogens with zero attached hydrogens (tertiary/aromatic N) is 1. The number of rotatable bonds is 6. The average molecular weight is 380 g/mol. The predicted molar refractivity (Wildman–Crippen MR) is 113 cm³/mol. The molecular formula is C23H38ClNO. The van der Waals surface area contributed by atoms with Crippen LogP contribution in [0.25, 0.3) is 0 Å². The fraction of sp³-hybridized carbons (Fsp3) is 0.739. The van der Waals surface area contributed by atoms with Crippen molar-refractivity contribution in [2.24, 2.45) is 5.92 Å². The van der Waals surface area contributed by atoms with E-state index in [1.807, 2.05) is 0 Å². The van der Waals surface area contributed by atoms with Crippen molar-refractivity contribution in [2.75, 3.05) is 6.54 Å². The van der Waals surface area contributed by atoms with Crippen LogP contribution in [0, 0.1) is 5.92 Å². The minimum Gasteiger partial charge on any atom is -0.385 e. The maximum Gasteiger partial charge on any atom is 0.0925 e. The van der Waals surface area contributed by atoms with Crippen LogP contribution in [-0.4, -0.2) is 28.6 Å². The van der Waals surface area contributed by atoms with Gasteiger partial charge in [0.05, 0.1) is 5.60 Å². The normalized spacial score (nSPS) is 27.5. The zero-order chi connectivity index (χ0) is 17.7. The third kappa shape index (κ3) is 5.03. The molecule has 3 rings (SSSR count). The molecule has 2 nitrogen and oxygen atoms in total. The largest absolute Gasteiger partial charge is 0.385 e. The van der Waals surface area contributed by atoms with Gasteiger partial charge in [0.1, 0.15) is 0 Å². The standard InChI is InChI=1S/C23H37NO.ClH/c1-19-11-9-12-20(2)24(19)18-10-17-23(25,21-13-5-3-6-14-21)22-15-7-4-8-16-22;/h3,5-6,13-14,19-20,22,25H,4,7-12,15-18H2,1-2H3;1H. The first-order valence-corrected chi connectivity index (χ1v) is 10.6. The zero-order valence-electron chi connectivity index (χ0n) is 16.7. The van der Waals surface area contributed by atoms with E-state index in [9.17, 15) is 5.11 Å². The molecule has 3 unspecified atom stereocenters. The number of benzene rings is 1. The quantitative estimate of drug-likeness (QED) is 0.663. The zero-order valence-corrected chi connectivity index (χ0v) is 17.5. The first-order valence-electron chi connectivity index (χ1n) is 10.6. The molecule has 3 heteroatoms. The SMILES string of the molecule is CC1CCCC(C)N1CCCC(O)(c1ccccc1)C1CCCCC1.Cl. The highest BCUT2D eigenvalue weighted by molar-refractivity contribution is 5.85. The molecule has 2 fully saturated rings. The monoisotopic (exact) mass is 379 g/mol. The van der Waals surface area contributed by atoms with Crippen LogP contribution in [0.4, 0.5) is 0 Å². The molecule has 1 aromatic rings. The Balaban J connectivity index is 0.00000243. The number of hydrogen-bond donors (Lipinski definition) is 1. The molecule has 1 heterocycles. The van der Waals surface area contributed by atoms with Gasteiger partial charge in [-0.15, -0.1) is 12.4 Å². The summed E-state index contributed by atoms with van der Waals surface area (Å²) < 4.78 is 0. The molecule has 148 valence electrons. The minimum atomic E-state index is -0.635. The number of likely N-dealkylation sites (tertiary alicyclic amines) is 1. The van der Waals surface area contributed by atoms with Crippen LogP contribution in [0.15, 0.2) is 30.3 Å². The number of piperidine rings is 1. The Morgan fingerprint density at radius 3 is 2.15 bits per heavy atom. The van der Waals surface area contributed by atoms with E-state index in [0.29, 0.717) is 18.0 Å². The second kappa shape index (κ2) is 10.1.